The number of hydrogen-bond acceptors (Lipinski definition) is 7. The summed E-state index contributed by atoms with van der Waals surface area (Å²) in [6.45, 7) is 4.62. The van der Waals surface area contributed by atoms with Gasteiger partial charge in [-0.2, -0.15) is 9.29 Å². The van der Waals surface area contributed by atoms with Gasteiger partial charge < -0.3 is 9.88 Å². The van der Waals surface area contributed by atoms with Gasteiger partial charge in [0.2, 0.25) is 5.95 Å². The molecule has 0 spiro atoms. The summed E-state index contributed by atoms with van der Waals surface area (Å²) in [6.07, 6.45) is 4.78. The normalized spacial score (nSPS) is 11.9. The number of benzene rings is 2. The number of carbonyl (C=O) groups excluding carboxylic acids is 1. The molecule has 0 aliphatic heterocycles. The summed E-state index contributed by atoms with van der Waals surface area (Å²) in [7, 11) is 1.79. The van der Waals surface area contributed by atoms with Crippen molar-refractivity contribution >= 4 is 40.0 Å². The fraction of sp³-hybridized carbons (Fsp3) is 0.207. The van der Waals surface area contributed by atoms with E-state index in [-0.39, 0.29) is 5.69 Å². The number of carbonyl (C=O) groups is 1. The molecule has 0 fully saturated rings. The minimum Gasteiger partial charge on any atom is -0.357 e. The molecule has 204 valence electrons. The van der Waals surface area contributed by atoms with Crippen LogP contribution in [-0.4, -0.2) is 46.2 Å². The largest absolute Gasteiger partial charge is 0.357 e. The van der Waals surface area contributed by atoms with Crippen LogP contribution in [-0.2, 0) is 24.2 Å². The second-order valence-corrected chi connectivity index (χ2v) is 10.0. The Bertz CT molecular complexity index is 1690. The van der Waals surface area contributed by atoms with Gasteiger partial charge in [-0.1, -0.05) is 49.4 Å². The molecule has 0 radical (unpaired) electrons. The zero-order valence-corrected chi connectivity index (χ0v) is 23.2. The molecule has 0 saturated heterocycles. The Morgan fingerprint density at radius 2 is 1.80 bits per heavy atom. The van der Waals surface area contributed by atoms with Gasteiger partial charge in [-0.25, -0.2) is 14.2 Å². The van der Waals surface area contributed by atoms with Crippen molar-refractivity contribution in [1.82, 2.24) is 24.5 Å². The van der Waals surface area contributed by atoms with Crippen LogP contribution in [0.4, 0.5) is 11.6 Å². The maximum absolute atomic E-state index is 13.2. The third-order valence-electron chi connectivity index (χ3n) is 6.53. The highest BCUT2D eigenvalue weighted by atomic mass is 32.2. The van der Waals surface area contributed by atoms with Gasteiger partial charge in [0.25, 0.3) is 17.2 Å². The van der Waals surface area contributed by atoms with Gasteiger partial charge in [-0.3, -0.25) is 14.3 Å². The standard InChI is InChI=1S/C29H29N7O3S/c1-4-8-25-33-26-19(2)32-29(30-3)34-27(26)35(25)18-20-11-13-21(14-12-20)23-15-16-31-17-24(23)36(40(38)39)28(37)22-9-6-5-7-10-22/h5-7,9-17H,4,8,18H2,1-3H3,(H,38,39)(H,30,32,34). The van der Waals surface area contributed by atoms with E-state index in [9.17, 15) is 13.6 Å². The Morgan fingerprint density at radius 3 is 2.48 bits per heavy atom. The molecule has 1 unspecified atom stereocenters. The fourth-order valence-corrected chi connectivity index (χ4v) is 5.16. The van der Waals surface area contributed by atoms with Gasteiger partial charge >= 0.3 is 0 Å². The molecule has 5 rings (SSSR count). The number of rotatable bonds is 9. The van der Waals surface area contributed by atoms with E-state index in [1.807, 2.05) is 31.2 Å². The molecule has 0 aliphatic rings. The molecule has 2 N–H and O–H groups in total. The molecule has 11 heteroatoms. The van der Waals surface area contributed by atoms with Crippen LogP contribution < -0.4 is 9.62 Å². The lowest BCUT2D eigenvalue weighted by molar-refractivity contribution is 0.100. The van der Waals surface area contributed by atoms with Crippen molar-refractivity contribution < 1.29 is 13.6 Å². The lowest BCUT2D eigenvalue weighted by Gasteiger charge is -2.21. The number of pyridine rings is 1. The average molecular weight is 556 g/mol. The fourth-order valence-electron chi connectivity index (χ4n) is 4.60. The Kier molecular flexibility index (Phi) is 7.94. The second-order valence-electron chi connectivity index (χ2n) is 9.21. The maximum Gasteiger partial charge on any atom is 0.272 e. The second kappa shape index (κ2) is 11.7. The van der Waals surface area contributed by atoms with Crippen molar-refractivity contribution in [3.05, 3.63) is 95.7 Å². The SMILES string of the molecule is CCCc1nc2c(C)nc(NC)nc2n1Cc1ccc(-c2ccncc2N(C(=O)c2ccccc2)S(=O)O)cc1. The minimum atomic E-state index is -2.60. The van der Waals surface area contributed by atoms with Crippen LogP contribution in [0.15, 0.2) is 73.1 Å². The van der Waals surface area contributed by atoms with Gasteiger partial charge in [0.1, 0.15) is 11.3 Å². The highest BCUT2D eigenvalue weighted by Gasteiger charge is 2.26. The molecule has 0 saturated carbocycles. The van der Waals surface area contributed by atoms with Crippen LogP contribution in [0.25, 0.3) is 22.3 Å². The number of aryl methyl sites for hydroxylation is 2. The quantitative estimate of drug-likeness (QED) is 0.243. The van der Waals surface area contributed by atoms with E-state index in [4.69, 9.17) is 4.98 Å². The molecule has 10 nitrogen and oxygen atoms in total. The number of amides is 1. The number of hydrogen-bond donors (Lipinski definition) is 2. The number of fused-ring (bicyclic) bond motifs is 1. The predicted octanol–water partition coefficient (Wildman–Crippen LogP) is 5.02. The third-order valence-corrected chi connectivity index (χ3v) is 7.21. The van der Waals surface area contributed by atoms with Crippen molar-refractivity contribution in [3.63, 3.8) is 0 Å². The first-order valence-corrected chi connectivity index (χ1v) is 13.9. The number of aromatic nitrogens is 5. The van der Waals surface area contributed by atoms with E-state index in [1.165, 1.54) is 6.20 Å². The minimum absolute atomic E-state index is 0.238. The highest BCUT2D eigenvalue weighted by molar-refractivity contribution is 7.81. The van der Waals surface area contributed by atoms with Crippen LogP contribution in [0.2, 0.25) is 0 Å². The van der Waals surface area contributed by atoms with Crippen molar-refractivity contribution in [3.8, 4) is 11.1 Å². The number of anilines is 2. The zero-order chi connectivity index (χ0) is 28.2. The molecule has 3 heterocycles. The average Bonchev–Trinajstić information content (AvgIpc) is 3.31. The lowest BCUT2D eigenvalue weighted by Crippen LogP contribution is -2.33. The Morgan fingerprint density at radius 1 is 1.05 bits per heavy atom. The van der Waals surface area contributed by atoms with Crippen molar-refractivity contribution in [2.75, 3.05) is 16.7 Å². The summed E-state index contributed by atoms with van der Waals surface area (Å²) in [5.74, 6) is 0.899. The third kappa shape index (κ3) is 5.33. The van der Waals surface area contributed by atoms with Crippen LogP contribution in [0.1, 0.15) is 40.8 Å². The summed E-state index contributed by atoms with van der Waals surface area (Å²) >= 11 is -2.60. The Balaban J connectivity index is 1.50. The Hall–Kier alpha value is -4.48. The molecule has 0 aliphatic carbocycles. The lowest BCUT2D eigenvalue weighted by atomic mass is 10.0. The van der Waals surface area contributed by atoms with Crippen LogP contribution in [0.5, 0.6) is 0 Å². The predicted molar refractivity (Wildman–Crippen MR) is 156 cm³/mol. The smallest absolute Gasteiger partial charge is 0.272 e. The molecular formula is C29H29N7O3S. The molecule has 40 heavy (non-hydrogen) atoms. The number of imidazole rings is 1. The molecule has 3 aromatic heterocycles. The van der Waals surface area contributed by atoms with E-state index < -0.39 is 17.2 Å². The molecule has 1 amide bonds. The van der Waals surface area contributed by atoms with Gasteiger partial charge in [0.15, 0.2) is 5.65 Å². The molecule has 5 aromatic rings. The molecular weight excluding hydrogens is 526 g/mol. The van der Waals surface area contributed by atoms with E-state index in [2.05, 4.69) is 31.8 Å². The summed E-state index contributed by atoms with van der Waals surface area (Å²) in [5, 5.41) is 3.02. The Labute approximate surface area is 234 Å². The van der Waals surface area contributed by atoms with E-state index in [0.717, 1.165) is 51.0 Å². The molecule has 0 bridgehead atoms. The first-order chi connectivity index (χ1) is 19.4. The monoisotopic (exact) mass is 555 g/mol. The van der Waals surface area contributed by atoms with Crippen molar-refractivity contribution in [1.29, 1.82) is 0 Å². The molecule has 1 atom stereocenters. The van der Waals surface area contributed by atoms with Gasteiger partial charge in [-0.05, 0) is 42.7 Å². The van der Waals surface area contributed by atoms with Crippen LogP contribution in [0.3, 0.4) is 0 Å². The number of nitrogens with one attached hydrogen (secondary N) is 1. The van der Waals surface area contributed by atoms with Crippen molar-refractivity contribution in [2.24, 2.45) is 0 Å². The summed E-state index contributed by atoms with van der Waals surface area (Å²) in [4.78, 5) is 31.3. The first kappa shape index (κ1) is 27.1. The maximum atomic E-state index is 13.2. The van der Waals surface area contributed by atoms with Crippen LogP contribution >= 0.6 is 0 Å². The zero-order valence-electron chi connectivity index (χ0n) is 22.4. The summed E-state index contributed by atoms with van der Waals surface area (Å²) in [6, 6.07) is 18.0. The number of nitrogens with zero attached hydrogens (tertiary/aromatic N) is 6. The highest BCUT2D eigenvalue weighted by Crippen LogP contribution is 2.32. The van der Waals surface area contributed by atoms with Crippen LogP contribution in [0, 0.1) is 6.92 Å². The topological polar surface area (TPSA) is 126 Å². The first-order valence-electron chi connectivity index (χ1n) is 12.9. The summed E-state index contributed by atoms with van der Waals surface area (Å²) in [5.41, 5.74) is 5.34. The van der Waals surface area contributed by atoms with E-state index >= 15 is 0 Å². The van der Waals surface area contributed by atoms with Gasteiger partial charge in [0, 0.05) is 30.8 Å². The summed E-state index contributed by atoms with van der Waals surface area (Å²) < 4.78 is 25.4. The van der Waals surface area contributed by atoms with E-state index in [0.29, 0.717) is 23.6 Å². The van der Waals surface area contributed by atoms with Crippen molar-refractivity contribution in [2.45, 2.75) is 33.2 Å². The molecule has 2 aromatic carbocycles. The van der Waals surface area contributed by atoms with Gasteiger partial charge in [0.05, 0.1) is 24.1 Å². The van der Waals surface area contributed by atoms with Gasteiger partial charge in [-0.15, -0.1) is 0 Å². The van der Waals surface area contributed by atoms with E-state index in [1.54, 1.807) is 49.6 Å².